The maximum Gasteiger partial charge on any atom is 1.00 e. The van der Waals surface area contributed by atoms with Crippen LogP contribution in [-0.4, -0.2) is 36.5 Å². The smallest absolute Gasteiger partial charge is 0.851 e. The number of aliphatic hydroxyl groups is 1. The molecule has 0 aliphatic carbocycles. The molecule has 0 aromatic heterocycles. The molecule has 0 fully saturated rings. The Labute approximate surface area is 101 Å². The molecule has 0 saturated heterocycles. The number of hydrogen-bond acceptors (Lipinski definition) is 4. The number of rotatable bonds is 3. The Morgan fingerprint density at radius 3 is 1.92 bits per heavy atom. The molecule has 0 aromatic rings. The molecule has 1 atom stereocenters. The van der Waals surface area contributed by atoms with E-state index in [9.17, 15) is 13.5 Å². The summed E-state index contributed by atoms with van der Waals surface area (Å²) >= 11 is 0. The largest absolute Gasteiger partial charge is 1.00 e. The van der Waals surface area contributed by atoms with Crippen LogP contribution in [0.15, 0.2) is 12.7 Å². The van der Waals surface area contributed by atoms with Crippen molar-refractivity contribution in [3.63, 3.8) is 0 Å². The molecule has 5 nitrogen and oxygen atoms in total. The van der Waals surface area contributed by atoms with Crippen molar-refractivity contribution < 1.29 is 52.7 Å². The van der Waals surface area contributed by atoms with Gasteiger partial charge in [-0.25, -0.2) is 0 Å². The minimum Gasteiger partial charge on any atom is -0.851 e. The Balaban J connectivity index is -0.000000173. The van der Waals surface area contributed by atoms with Crippen LogP contribution in [0, 0.1) is 0 Å². The van der Waals surface area contributed by atoms with Crippen LogP contribution in [0.2, 0.25) is 0 Å². The summed E-state index contributed by atoms with van der Waals surface area (Å²) in [5, 5.41) is 17.5. The molecule has 0 aromatic carbocycles. The second-order valence-electron chi connectivity index (χ2n) is 2.05. The summed E-state index contributed by atoms with van der Waals surface area (Å²) in [7, 11) is -3.97. The maximum absolute atomic E-state index is 9.84. The molecule has 0 bridgehead atoms. The van der Waals surface area contributed by atoms with Gasteiger partial charge in [-0.05, 0) is 6.92 Å². The van der Waals surface area contributed by atoms with E-state index < -0.39 is 22.0 Å². The van der Waals surface area contributed by atoms with Crippen molar-refractivity contribution in [1.82, 2.24) is 0 Å². The minimum atomic E-state index is -3.97. The predicted octanol–water partition coefficient (Wildman–Crippen LogP) is -4.21. The number of hydrogen-bond donors (Lipinski definition) is 2. The van der Waals surface area contributed by atoms with Crippen LogP contribution in [0.5, 0.6) is 0 Å². The summed E-state index contributed by atoms with van der Waals surface area (Å²) in [5.74, 6) is -0.590. The summed E-state index contributed by atoms with van der Waals surface area (Å²) in [5.41, 5.74) is 0. The van der Waals surface area contributed by atoms with Crippen molar-refractivity contribution >= 4 is 10.1 Å². The van der Waals surface area contributed by atoms with Crippen LogP contribution in [0.25, 0.3) is 0 Å². The third kappa shape index (κ3) is 32.5. The molecule has 13 heavy (non-hydrogen) atoms. The molecule has 0 aliphatic rings. The van der Waals surface area contributed by atoms with Gasteiger partial charge in [0, 0.05) is 0 Å². The van der Waals surface area contributed by atoms with Gasteiger partial charge in [0.2, 0.25) is 0 Å². The fourth-order valence-electron chi connectivity index (χ4n) is 0.305. The Morgan fingerprint density at radius 1 is 1.62 bits per heavy atom. The van der Waals surface area contributed by atoms with Crippen LogP contribution in [-0.2, 0) is 10.1 Å². The van der Waals surface area contributed by atoms with E-state index >= 15 is 0 Å². The second-order valence-corrected chi connectivity index (χ2v) is 3.55. The topological polar surface area (TPSA) is 97.7 Å². The Kier molecular flexibility index (Phi) is 15.7. The molecule has 0 spiro atoms. The summed E-state index contributed by atoms with van der Waals surface area (Å²) < 4.78 is 27.7. The monoisotopic (exact) mass is 220 g/mol. The van der Waals surface area contributed by atoms with E-state index in [-0.39, 0.29) is 36.2 Å². The quantitative estimate of drug-likeness (QED) is 0.285. The molecule has 0 rings (SSSR count). The number of aliphatic hydroxyl groups excluding tert-OH is 1. The van der Waals surface area contributed by atoms with Gasteiger partial charge in [-0.2, -0.15) is 8.42 Å². The zero-order valence-electron chi connectivity index (χ0n) is 7.80. The van der Waals surface area contributed by atoms with Crippen molar-refractivity contribution in [2.75, 3.05) is 12.4 Å². The average Bonchev–Trinajstić information content (AvgIpc) is 1.83. The van der Waals surface area contributed by atoms with Crippen molar-refractivity contribution in [2.45, 2.75) is 13.0 Å². The molecule has 0 amide bonds. The maximum atomic E-state index is 9.84. The molecule has 7 heteroatoms. The van der Waals surface area contributed by atoms with E-state index in [1.807, 2.05) is 0 Å². The SMILES string of the molecule is C=CC[O-].CC(O)CS(=O)(=O)O.[Na+]. The fraction of sp³-hybridized carbons (Fsp3) is 0.667. The van der Waals surface area contributed by atoms with Crippen molar-refractivity contribution in [2.24, 2.45) is 0 Å². The van der Waals surface area contributed by atoms with Gasteiger partial charge in [0.1, 0.15) is 5.75 Å². The van der Waals surface area contributed by atoms with Gasteiger partial charge in [-0.15, -0.1) is 19.3 Å². The standard InChI is InChI=1S/C3H8O4S.C3H5O.Na/c1-3(4)2-8(5,6)7;1-2-3-4;/h3-4H,2H2,1H3,(H,5,6,7);2H,1,3H2;/q;-1;+1. The molecule has 74 valence electrons. The van der Waals surface area contributed by atoms with E-state index in [0.29, 0.717) is 0 Å². The summed E-state index contributed by atoms with van der Waals surface area (Å²) in [6.45, 7) is 4.29. The van der Waals surface area contributed by atoms with Crippen LogP contribution < -0.4 is 34.7 Å². The van der Waals surface area contributed by atoms with E-state index in [4.69, 9.17) is 9.66 Å². The van der Waals surface area contributed by atoms with Gasteiger partial charge >= 0.3 is 29.6 Å². The van der Waals surface area contributed by atoms with E-state index in [1.165, 1.54) is 13.0 Å². The van der Waals surface area contributed by atoms with Crippen LogP contribution >= 0.6 is 0 Å². The normalized spacial score (nSPS) is 11.7. The molecule has 0 aliphatic heterocycles. The van der Waals surface area contributed by atoms with Crippen LogP contribution in [0.4, 0.5) is 0 Å². The van der Waals surface area contributed by atoms with E-state index in [0.717, 1.165) is 0 Å². The zero-order chi connectivity index (χ0) is 10.2. The molecule has 0 heterocycles. The van der Waals surface area contributed by atoms with Gasteiger partial charge in [-0.3, -0.25) is 4.55 Å². The average molecular weight is 220 g/mol. The van der Waals surface area contributed by atoms with Crippen molar-refractivity contribution in [1.29, 1.82) is 0 Å². The third-order valence-electron chi connectivity index (χ3n) is 0.570. The van der Waals surface area contributed by atoms with Gasteiger partial charge in [0.25, 0.3) is 10.1 Å². The van der Waals surface area contributed by atoms with E-state index in [1.54, 1.807) is 0 Å². The van der Waals surface area contributed by atoms with Gasteiger partial charge in [0.15, 0.2) is 0 Å². The zero-order valence-corrected chi connectivity index (χ0v) is 10.6. The third-order valence-corrected chi connectivity index (χ3v) is 1.47. The first kappa shape index (κ1) is 19.2. The molecular weight excluding hydrogens is 207 g/mol. The van der Waals surface area contributed by atoms with Gasteiger partial charge < -0.3 is 10.2 Å². The van der Waals surface area contributed by atoms with E-state index in [2.05, 4.69) is 6.58 Å². The van der Waals surface area contributed by atoms with Crippen LogP contribution in [0.3, 0.4) is 0 Å². The summed E-state index contributed by atoms with van der Waals surface area (Å²) in [4.78, 5) is 0. The molecule has 2 N–H and O–H groups in total. The van der Waals surface area contributed by atoms with Crippen molar-refractivity contribution in [3.8, 4) is 0 Å². The first-order chi connectivity index (χ1) is 5.33. The van der Waals surface area contributed by atoms with Gasteiger partial charge in [0.05, 0.1) is 6.10 Å². The fourth-order valence-corrected chi connectivity index (χ4v) is 0.914. The molecule has 0 saturated carbocycles. The molecule has 0 radical (unpaired) electrons. The Bertz CT molecular complexity index is 199. The Morgan fingerprint density at radius 2 is 1.92 bits per heavy atom. The predicted molar refractivity (Wildman–Crippen MR) is 43.2 cm³/mol. The second kappa shape index (κ2) is 10.6. The summed E-state index contributed by atoms with van der Waals surface area (Å²) in [6.07, 6.45) is 0.324. The Hall–Kier alpha value is 0.570. The van der Waals surface area contributed by atoms with Gasteiger partial charge in [-0.1, -0.05) is 0 Å². The van der Waals surface area contributed by atoms with Crippen molar-refractivity contribution in [3.05, 3.63) is 12.7 Å². The molecular formula is C6H13NaO5S. The molecule has 1 unspecified atom stereocenters. The first-order valence-electron chi connectivity index (χ1n) is 3.15. The summed E-state index contributed by atoms with van der Waals surface area (Å²) in [6, 6.07) is 0. The minimum absolute atomic E-state index is 0. The first-order valence-corrected chi connectivity index (χ1v) is 4.76. The van der Waals surface area contributed by atoms with Crippen LogP contribution in [0.1, 0.15) is 6.92 Å².